The van der Waals surface area contributed by atoms with Crippen LogP contribution in [0.3, 0.4) is 0 Å². The summed E-state index contributed by atoms with van der Waals surface area (Å²) in [5.74, 6) is 0.0205. The van der Waals surface area contributed by atoms with Gasteiger partial charge in [-0.2, -0.15) is 0 Å². The number of aliphatic hydroxyl groups is 2. The second-order valence-corrected chi connectivity index (χ2v) is 14.9. The van der Waals surface area contributed by atoms with Gasteiger partial charge < -0.3 is 10.2 Å². The third-order valence-corrected chi connectivity index (χ3v) is 11.9. The molecule has 2 bridgehead atoms. The fourth-order valence-corrected chi connectivity index (χ4v) is 8.95. The van der Waals surface area contributed by atoms with Crippen LogP contribution in [0.4, 0.5) is 0 Å². The number of β-amino-alcohol motifs (C(OH)–C–C–N with tert-alkyl or cyclic N) is 1. The molecule has 8 rings (SSSR count). The first-order chi connectivity index (χ1) is 23.2. The number of aliphatic hydroxyl groups excluding tert-OH is 1. The minimum Gasteiger partial charge on any atom is -0.393 e. The number of nitrogens with zero attached hydrogens (tertiary/aromatic N) is 1. The van der Waals surface area contributed by atoms with E-state index in [1.807, 2.05) is 42.5 Å². The van der Waals surface area contributed by atoms with E-state index in [0.29, 0.717) is 36.9 Å². The maximum Gasteiger partial charge on any atom is 0.193 e. The summed E-state index contributed by atoms with van der Waals surface area (Å²) in [6, 6.07) is 33.1. The van der Waals surface area contributed by atoms with E-state index in [1.54, 1.807) is 0 Å². The van der Waals surface area contributed by atoms with Gasteiger partial charge in [0.05, 0.1) is 11.7 Å². The molecule has 4 aromatic rings. The fraction of sp³-hybridized carbons (Fsp3) is 0.386. The Morgan fingerprint density at radius 2 is 1.60 bits per heavy atom. The van der Waals surface area contributed by atoms with Crippen molar-refractivity contribution in [1.82, 2.24) is 4.90 Å². The van der Waals surface area contributed by atoms with Crippen molar-refractivity contribution < 1.29 is 15.0 Å². The maximum atomic E-state index is 14.9. The second kappa shape index (κ2) is 13.6. The minimum atomic E-state index is -0.903. The van der Waals surface area contributed by atoms with Crippen LogP contribution in [0.25, 0.3) is 11.1 Å². The lowest BCUT2D eigenvalue weighted by Crippen LogP contribution is -2.53. The average molecular weight is 640 g/mol. The highest BCUT2D eigenvalue weighted by molar-refractivity contribution is 6.13. The molecule has 248 valence electrons. The highest BCUT2D eigenvalue weighted by Gasteiger charge is 2.57. The van der Waals surface area contributed by atoms with E-state index in [4.69, 9.17) is 0 Å². The average Bonchev–Trinajstić information content (AvgIpc) is 3.35. The summed E-state index contributed by atoms with van der Waals surface area (Å²) in [6.07, 6.45) is 8.09. The van der Waals surface area contributed by atoms with Crippen LogP contribution in [-0.4, -0.2) is 45.7 Å². The van der Waals surface area contributed by atoms with E-state index < -0.39 is 17.1 Å². The van der Waals surface area contributed by atoms with E-state index in [1.165, 1.54) is 16.7 Å². The van der Waals surface area contributed by atoms with Gasteiger partial charge in [0.25, 0.3) is 0 Å². The van der Waals surface area contributed by atoms with Crippen LogP contribution >= 0.6 is 0 Å². The topological polar surface area (TPSA) is 60.8 Å². The van der Waals surface area contributed by atoms with E-state index in [0.717, 1.165) is 67.4 Å². The molecule has 0 amide bonds. The van der Waals surface area contributed by atoms with Gasteiger partial charge in [0.2, 0.25) is 0 Å². The zero-order valence-corrected chi connectivity index (χ0v) is 28.5. The number of carbonyl (C=O) groups excluding carboxylic acids is 1. The Kier molecular flexibility index (Phi) is 9.26. The number of carbonyl (C=O) groups is 1. The molecule has 1 aliphatic heterocycles. The van der Waals surface area contributed by atoms with Crippen molar-refractivity contribution in [2.45, 2.75) is 89.4 Å². The van der Waals surface area contributed by atoms with Crippen molar-refractivity contribution in [2.75, 3.05) is 13.1 Å². The van der Waals surface area contributed by atoms with E-state index in [2.05, 4.69) is 79.4 Å². The Morgan fingerprint density at radius 3 is 2.44 bits per heavy atom. The number of fused-ring (bicyclic) bond motifs is 9. The molecule has 4 nitrogen and oxygen atoms in total. The van der Waals surface area contributed by atoms with E-state index in [-0.39, 0.29) is 11.7 Å². The predicted molar refractivity (Wildman–Crippen MR) is 194 cm³/mol. The van der Waals surface area contributed by atoms with Crippen LogP contribution in [0.15, 0.2) is 109 Å². The first kappa shape index (κ1) is 32.7. The van der Waals surface area contributed by atoms with Gasteiger partial charge in [-0.05, 0) is 104 Å². The molecule has 0 unspecified atom stereocenters. The van der Waals surface area contributed by atoms with E-state index >= 15 is 0 Å². The highest BCUT2D eigenvalue weighted by Crippen LogP contribution is 2.59. The lowest BCUT2D eigenvalue weighted by molar-refractivity contribution is -0.0856. The van der Waals surface area contributed by atoms with Crippen molar-refractivity contribution in [3.8, 4) is 11.1 Å². The normalized spacial score (nSPS) is 26.3. The van der Waals surface area contributed by atoms with Crippen LogP contribution in [0.2, 0.25) is 0 Å². The zero-order chi connectivity index (χ0) is 33.3. The lowest BCUT2D eigenvalue weighted by atomic mass is 9.64. The summed E-state index contributed by atoms with van der Waals surface area (Å²) < 4.78 is 0. The summed E-state index contributed by atoms with van der Waals surface area (Å²) in [5.41, 5.74) is 8.06. The molecular formula is C44H49NO3. The summed E-state index contributed by atoms with van der Waals surface area (Å²) in [5, 5.41) is 23.9. The van der Waals surface area contributed by atoms with Gasteiger partial charge in [-0.1, -0.05) is 110 Å². The standard InChI is InChI=1S/C44H49NO3/c1-31-11-10-24-43(2)41(22-25-44(43,48)30-45-26-23-33-12-6-7-15-35(33)29-45)38-21-19-32(27-36(46)20-18-31)28-40(38)42(47)39-17-9-8-16-37(39)34-13-4-3-5-14-34/h3-9,11-17,19,21,28,36,41,46,48H,10,18,20,22-27,29-30H2,1-2H3/t36-,41-,43-,44+/m0/s1. The Hall–Kier alpha value is -3.83. The first-order valence-electron chi connectivity index (χ1n) is 17.9. The number of hydrogen-bond donors (Lipinski definition) is 2. The largest absolute Gasteiger partial charge is 0.393 e. The van der Waals surface area contributed by atoms with Crippen LogP contribution in [0.1, 0.15) is 96.5 Å². The Morgan fingerprint density at radius 1 is 0.854 bits per heavy atom. The number of rotatable bonds is 5. The van der Waals surface area contributed by atoms with Gasteiger partial charge in [0.15, 0.2) is 5.78 Å². The number of hydrogen-bond acceptors (Lipinski definition) is 4. The van der Waals surface area contributed by atoms with Crippen LogP contribution < -0.4 is 0 Å². The van der Waals surface area contributed by atoms with E-state index in [9.17, 15) is 15.0 Å². The third-order valence-electron chi connectivity index (χ3n) is 11.9. The Bertz CT molecular complexity index is 1810. The van der Waals surface area contributed by atoms with Crippen LogP contribution in [-0.2, 0) is 19.4 Å². The molecule has 1 fully saturated rings. The van der Waals surface area contributed by atoms with Gasteiger partial charge in [-0.15, -0.1) is 0 Å². The SMILES string of the molecule is CC1=CCC[C@@]2(C)[C@@H](CC[C@@]2(O)CN2CCc3ccccc3C2)c2ccc(cc2C(=O)c2ccccc2-c2ccccc2)C[C@@H](O)CC1. The molecule has 1 saturated carbocycles. The molecule has 0 aromatic heterocycles. The van der Waals surface area contributed by atoms with Gasteiger partial charge in [-0.25, -0.2) is 0 Å². The first-order valence-corrected chi connectivity index (χ1v) is 17.9. The van der Waals surface area contributed by atoms with Crippen LogP contribution in [0, 0.1) is 5.41 Å². The van der Waals surface area contributed by atoms with Crippen LogP contribution in [0.5, 0.6) is 0 Å². The van der Waals surface area contributed by atoms with Crippen molar-refractivity contribution in [3.05, 3.63) is 142 Å². The molecule has 4 atom stereocenters. The maximum absolute atomic E-state index is 14.9. The molecular weight excluding hydrogens is 590 g/mol. The smallest absolute Gasteiger partial charge is 0.193 e. The molecule has 4 aromatic carbocycles. The third kappa shape index (κ3) is 6.34. The number of benzene rings is 4. The lowest BCUT2D eigenvalue weighted by Gasteiger charge is -2.47. The summed E-state index contributed by atoms with van der Waals surface area (Å²) in [4.78, 5) is 17.3. The molecule has 48 heavy (non-hydrogen) atoms. The number of allylic oxidation sites excluding steroid dienone is 2. The van der Waals surface area contributed by atoms with Crippen molar-refractivity contribution in [2.24, 2.45) is 5.41 Å². The van der Waals surface area contributed by atoms with Gasteiger partial charge in [-0.3, -0.25) is 9.69 Å². The summed E-state index contributed by atoms with van der Waals surface area (Å²) in [6.45, 7) is 6.88. The summed E-state index contributed by atoms with van der Waals surface area (Å²) >= 11 is 0. The molecule has 0 spiro atoms. The second-order valence-electron chi connectivity index (χ2n) is 14.9. The van der Waals surface area contributed by atoms with Gasteiger partial charge >= 0.3 is 0 Å². The zero-order valence-electron chi connectivity index (χ0n) is 28.5. The molecule has 3 aliphatic carbocycles. The molecule has 1 heterocycles. The van der Waals surface area contributed by atoms with Crippen molar-refractivity contribution in [1.29, 1.82) is 0 Å². The molecule has 2 N–H and O–H groups in total. The highest BCUT2D eigenvalue weighted by atomic mass is 16.3. The minimum absolute atomic E-state index is 0.00838. The van der Waals surface area contributed by atoms with Crippen molar-refractivity contribution >= 4 is 5.78 Å². The molecule has 0 saturated heterocycles. The quantitative estimate of drug-likeness (QED) is 0.169. The molecule has 0 radical (unpaired) electrons. The van der Waals surface area contributed by atoms with Gasteiger partial charge in [0.1, 0.15) is 0 Å². The predicted octanol–water partition coefficient (Wildman–Crippen LogP) is 8.68. The monoisotopic (exact) mass is 639 g/mol. The molecule has 4 heteroatoms. The Labute approximate surface area is 286 Å². The van der Waals surface area contributed by atoms with Gasteiger partial charge in [0, 0.05) is 36.2 Å². The van der Waals surface area contributed by atoms with Crippen molar-refractivity contribution in [3.63, 3.8) is 0 Å². The number of ketones is 1. The molecule has 4 aliphatic rings. The Balaban J connectivity index is 1.31. The fourth-order valence-electron chi connectivity index (χ4n) is 8.95. The summed E-state index contributed by atoms with van der Waals surface area (Å²) in [7, 11) is 0.